The van der Waals surface area contributed by atoms with Gasteiger partial charge in [0.15, 0.2) is 5.65 Å². The van der Waals surface area contributed by atoms with Crippen LogP contribution in [-0.2, 0) is 25.6 Å². The van der Waals surface area contributed by atoms with E-state index in [1.54, 1.807) is 6.33 Å². The van der Waals surface area contributed by atoms with Crippen molar-refractivity contribution in [3.63, 3.8) is 0 Å². The van der Waals surface area contributed by atoms with Crippen LogP contribution in [0, 0.1) is 24.7 Å². The molecule has 0 aromatic carbocycles. The smallest absolute Gasteiger partial charge is 0.308 e. The second-order valence-corrected chi connectivity index (χ2v) is 13.0. The topological polar surface area (TPSA) is 122 Å². The summed E-state index contributed by atoms with van der Waals surface area (Å²) in [6.07, 6.45) is 22.1. The van der Waals surface area contributed by atoms with Crippen molar-refractivity contribution in [2.75, 3.05) is 18.9 Å². The lowest BCUT2D eigenvalue weighted by atomic mass is 9.98. The van der Waals surface area contributed by atoms with E-state index in [4.69, 9.17) is 15.2 Å². The summed E-state index contributed by atoms with van der Waals surface area (Å²) in [5.74, 6) is -0.205. The van der Waals surface area contributed by atoms with Gasteiger partial charge in [0.2, 0.25) is 5.95 Å². The molecule has 250 valence electrons. The normalized spacial score (nSPS) is 13.0. The fourth-order valence-corrected chi connectivity index (χ4v) is 5.40. The van der Waals surface area contributed by atoms with Crippen LogP contribution >= 0.6 is 0 Å². The second-order valence-electron chi connectivity index (χ2n) is 13.0. The van der Waals surface area contributed by atoms with Gasteiger partial charge in [-0.25, -0.2) is 9.97 Å². The Morgan fingerprint density at radius 1 is 0.841 bits per heavy atom. The van der Waals surface area contributed by atoms with Crippen molar-refractivity contribution in [1.29, 1.82) is 0 Å². The van der Waals surface area contributed by atoms with Gasteiger partial charge in [-0.05, 0) is 25.7 Å². The maximum atomic E-state index is 12.6. The molecule has 0 amide bonds. The number of nitrogens with zero attached hydrogens (tertiary/aromatic N) is 4. The van der Waals surface area contributed by atoms with Crippen LogP contribution < -0.4 is 5.73 Å². The van der Waals surface area contributed by atoms with E-state index in [2.05, 4.69) is 21.9 Å². The standard InChI is InChI=1S/C35H61N5O4/c1-6-7-8-9-10-11-12-13-14-15-16-17-18-19-20-21-31(41)44-25-30(22-23-43-34(42)28(4)27(2)3)24-40-26-37-32-29(5)38-35(36)39-33(32)40/h26-28,30H,6-25H2,1-5H3,(H2,36,38,39)/t28-,30+/m0/s1. The highest BCUT2D eigenvalue weighted by Crippen LogP contribution is 2.19. The van der Waals surface area contributed by atoms with Crippen molar-refractivity contribution in [3.8, 4) is 0 Å². The van der Waals surface area contributed by atoms with E-state index in [9.17, 15) is 9.59 Å². The van der Waals surface area contributed by atoms with Crippen LogP contribution in [0.15, 0.2) is 6.33 Å². The summed E-state index contributed by atoms with van der Waals surface area (Å²) in [7, 11) is 0. The van der Waals surface area contributed by atoms with E-state index in [0.717, 1.165) is 12.8 Å². The number of aryl methyl sites for hydroxylation is 1. The lowest BCUT2D eigenvalue weighted by molar-refractivity contribution is -0.151. The molecule has 0 saturated carbocycles. The number of imidazole rings is 1. The van der Waals surface area contributed by atoms with Crippen LogP contribution in [0.3, 0.4) is 0 Å². The van der Waals surface area contributed by atoms with Crippen LogP contribution in [0.25, 0.3) is 11.2 Å². The van der Waals surface area contributed by atoms with Crippen molar-refractivity contribution < 1.29 is 19.1 Å². The van der Waals surface area contributed by atoms with Crippen molar-refractivity contribution in [3.05, 3.63) is 12.0 Å². The monoisotopic (exact) mass is 615 g/mol. The van der Waals surface area contributed by atoms with Gasteiger partial charge in [0.25, 0.3) is 0 Å². The molecule has 2 aromatic heterocycles. The fourth-order valence-electron chi connectivity index (χ4n) is 5.40. The van der Waals surface area contributed by atoms with Crippen LogP contribution in [0.4, 0.5) is 5.95 Å². The summed E-state index contributed by atoms with van der Waals surface area (Å²) in [6.45, 7) is 11.0. The van der Waals surface area contributed by atoms with Crippen LogP contribution in [0.5, 0.6) is 0 Å². The van der Waals surface area contributed by atoms with E-state index >= 15 is 0 Å². The number of rotatable bonds is 25. The highest BCUT2D eigenvalue weighted by molar-refractivity contribution is 5.74. The number of ether oxygens (including phenoxy) is 2. The van der Waals surface area contributed by atoms with Gasteiger partial charge >= 0.3 is 11.9 Å². The zero-order chi connectivity index (χ0) is 32.2. The molecule has 0 aliphatic heterocycles. The Morgan fingerprint density at radius 3 is 1.98 bits per heavy atom. The number of fused-ring (bicyclic) bond motifs is 1. The van der Waals surface area contributed by atoms with Crippen molar-refractivity contribution in [1.82, 2.24) is 19.5 Å². The Hall–Kier alpha value is -2.71. The number of carbonyl (C=O) groups excluding carboxylic acids is 2. The number of esters is 2. The molecule has 2 aromatic rings. The Morgan fingerprint density at radius 2 is 1.41 bits per heavy atom. The van der Waals surface area contributed by atoms with Gasteiger partial charge in [0, 0.05) is 18.9 Å². The summed E-state index contributed by atoms with van der Waals surface area (Å²) in [5, 5.41) is 0. The third-order valence-corrected chi connectivity index (χ3v) is 8.72. The Labute approximate surface area is 266 Å². The molecule has 2 heterocycles. The molecule has 0 fully saturated rings. The van der Waals surface area contributed by atoms with Gasteiger partial charge in [-0.1, -0.05) is 118 Å². The summed E-state index contributed by atoms with van der Waals surface area (Å²) >= 11 is 0. The molecule has 0 unspecified atom stereocenters. The van der Waals surface area contributed by atoms with Crippen molar-refractivity contribution in [2.24, 2.45) is 17.8 Å². The number of nitrogens with two attached hydrogens (primary N) is 1. The second kappa shape index (κ2) is 21.9. The van der Waals surface area contributed by atoms with Crippen molar-refractivity contribution in [2.45, 2.75) is 150 Å². The van der Waals surface area contributed by atoms with E-state index in [1.807, 2.05) is 32.3 Å². The molecule has 0 aliphatic rings. The molecule has 9 nitrogen and oxygen atoms in total. The lowest BCUT2D eigenvalue weighted by Crippen LogP contribution is -2.24. The summed E-state index contributed by atoms with van der Waals surface area (Å²) in [4.78, 5) is 38.0. The third kappa shape index (κ3) is 14.8. The zero-order valence-corrected chi connectivity index (χ0v) is 28.5. The maximum Gasteiger partial charge on any atom is 0.308 e. The number of anilines is 1. The third-order valence-electron chi connectivity index (χ3n) is 8.72. The SMILES string of the molecule is CCCCCCCCCCCCCCCCCC(=O)OC[C@H](CCOC(=O)[C@@H](C)C(C)C)Cn1cnc2c(C)nc(N)nc21. The van der Waals surface area contributed by atoms with E-state index in [1.165, 1.54) is 83.5 Å². The van der Waals surface area contributed by atoms with Crippen LogP contribution in [0.2, 0.25) is 0 Å². The quantitative estimate of drug-likeness (QED) is 0.0873. The molecule has 0 bridgehead atoms. The molecule has 0 radical (unpaired) electrons. The maximum absolute atomic E-state index is 12.6. The Kier molecular flexibility index (Phi) is 18.7. The minimum Gasteiger partial charge on any atom is -0.465 e. The van der Waals surface area contributed by atoms with Crippen molar-refractivity contribution >= 4 is 29.1 Å². The number of carbonyl (C=O) groups is 2. The Balaban J connectivity index is 1.68. The lowest BCUT2D eigenvalue weighted by Gasteiger charge is -2.19. The first-order valence-corrected chi connectivity index (χ1v) is 17.5. The van der Waals surface area contributed by atoms with Gasteiger partial charge in [-0.2, -0.15) is 4.98 Å². The highest BCUT2D eigenvalue weighted by atomic mass is 16.5. The molecule has 0 spiro atoms. The average Bonchev–Trinajstić information content (AvgIpc) is 3.39. The number of aromatic nitrogens is 4. The molecular formula is C35H61N5O4. The first-order chi connectivity index (χ1) is 21.2. The van der Waals surface area contributed by atoms with Crippen LogP contribution in [0.1, 0.15) is 143 Å². The predicted octanol–water partition coefficient (Wildman–Crippen LogP) is 8.36. The van der Waals surface area contributed by atoms with E-state index in [0.29, 0.717) is 36.2 Å². The molecule has 0 aliphatic carbocycles. The molecule has 0 saturated heterocycles. The van der Waals surface area contributed by atoms with Gasteiger partial charge in [-0.3, -0.25) is 9.59 Å². The number of hydrogen-bond acceptors (Lipinski definition) is 8. The first-order valence-electron chi connectivity index (χ1n) is 17.5. The molecule has 9 heteroatoms. The van der Waals surface area contributed by atoms with E-state index < -0.39 is 0 Å². The summed E-state index contributed by atoms with van der Waals surface area (Å²) < 4.78 is 13.2. The Bertz CT molecular complexity index is 1090. The minimum atomic E-state index is -0.201. The van der Waals surface area contributed by atoms with Gasteiger partial charge in [0.1, 0.15) is 5.52 Å². The predicted molar refractivity (Wildman–Crippen MR) is 178 cm³/mol. The van der Waals surface area contributed by atoms with Crippen LogP contribution in [-0.4, -0.2) is 44.7 Å². The zero-order valence-electron chi connectivity index (χ0n) is 28.5. The molecule has 2 N–H and O–H groups in total. The summed E-state index contributed by atoms with van der Waals surface area (Å²) in [6, 6.07) is 0. The summed E-state index contributed by atoms with van der Waals surface area (Å²) in [5.41, 5.74) is 7.95. The van der Waals surface area contributed by atoms with Gasteiger partial charge in [0.05, 0.1) is 31.2 Å². The number of nitrogen functional groups attached to an aromatic ring is 1. The minimum absolute atomic E-state index is 0.0731. The number of unbranched alkanes of at least 4 members (excludes halogenated alkanes) is 14. The van der Waals surface area contributed by atoms with E-state index in [-0.39, 0.29) is 48.9 Å². The molecule has 2 rings (SSSR count). The first kappa shape index (κ1) is 37.5. The highest BCUT2D eigenvalue weighted by Gasteiger charge is 2.21. The average molecular weight is 616 g/mol. The molecule has 2 atom stereocenters. The number of hydrogen-bond donors (Lipinski definition) is 1. The molecular weight excluding hydrogens is 554 g/mol. The largest absolute Gasteiger partial charge is 0.465 e. The fraction of sp³-hybridized carbons (Fsp3) is 0.800. The molecule has 44 heavy (non-hydrogen) atoms. The van der Waals surface area contributed by atoms with Gasteiger partial charge < -0.3 is 19.8 Å². The van der Waals surface area contributed by atoms with Gasteiger partial charge in [-0.15, -0.1) is 0 Å².